The zero-order valence-electron chi connectivity index (χ0n) is 14.1. The summed E-state index contributed by atoms with van der Waals surface area (Å²) in [7, 11) is 1.64. The summed E-state index contributed by atoms with van der Waals surface area (Å²) in [4.78, 5) is 25.1. The molecule has 2 heterocycles. The Bertz CT molecular complexity index is 697. The van der Waals surface area contributed by atoms with Crippen molar-refractivity contribution in [3.63, 3.8) is 0 Å². The first-order valence-corrected chi connectivity index (χ1v) is 8.09. The number of ether oxygens (including phenoxy) is 1. The molecule has 6 heteroatoms. The number of aromatic nitrogens is 2. The maximum Gasteiger partial charge on any atom is 0.227 e. The van der Waals surface area contributed by atoms with Gasteiger partial charge in [-0.3, -0.25) is 9.78 Å². The van der Waals surface area contributed by atoms with Gasteiger partial charge in [0.15, 0.2) is 0 Å². The third kappa shape index (κ3) is 3.64. The largest absolute Gasteiger partial charge is 0.496 e. The van der Waals surface area contributed by atoms with Gasteiger partial charge in [0.05, 0.1) is 19.7 Å². The third-order valence-corrected chi connectivity index (χ3v) is 4.28. The molecule has 0 aliphatic carbocycles. The normalized spacial score (nSPS) is 14.6. The molecule has 6 nitrogen and oxygen atoms in total. The van der Waals surface area contributed by atoms with Crippen LogP contribution in [0.3, 0.4) is 0 Å². The van der Waals surface area contributed by atoms with Crippen molar-refractivity contribution in [2.45, 2.75) is 13.3 Å². The summed E-state index contributed by atoms with van der Waals surface area (Å²) in [6.07, 6.45) is 5.49. The number of nitrogens with zero attached hydrogens (tertiary/aromatic N) is 4. The van der Waals surface area contributed by atoms with Gasteiger partial charge in [-0.25, -0.2) is 4.98 Å². The van der Waals surface area contributed by atoms with Gasteiger partial charge in [0.25, 0.3) is 0 Å². The molecule has 0 spiro atoms. The number of carbonyl (C=O) groups excluding carboxylic acids is 1. The molecule has 1 aliphatic heterocycles. The van der Waals surface area contributed by atoms with E-state index in [1.807, 2.05) is 30.0 Å². The highest BCUT2D eigenvalue weighted by Crippen LogP contribution is 2.21. The summed E-state index contributed by atoms with van der Waals surface area (Å²) < 4.78 is 5.37. The third-order valence-electron chi connectivity index (χ3n) is 4.28. The van der Waals surface area contributed by atoms with Crippen LogP contribution in [0, 0.1) is 6.92 Å². The van der Waals surface area contributed by atoms with E-state index in [0.29, 0.717) is 19.5 Å². The first-order valence-electron chi connectivity index (χ1n) is 8.09. The topological polar surface area (TPSA) is 58.6 Å². The minimum absolute atomic E-state index is 0.137. The number of rotatable bonds is 4. The molecule has 0 saturated carbocycles. The van der Waals surface area contributed by atoms with E-state index in [1.165, 1.54) is 0 Å². The Morgan fingerprint density at radius 1 is 1.21 bits per heavy atom. The lowest BCUT2D eigenvalue weighted by Crippen LogP contribution is -2.49. The maximum absolute atomic E-state index is 12.6. The molecular formula is C18H22N4O2. The van der Waals surface area contributed by atoms with Crippen LogP contribution >= 0.6 is 0 Å². The van der Waals surface area contributed by atoms with Crippen LogP contribution in [0.5, 0.6) is 5.75 Å². The maximum atomic E-state index is 12.6. The van der Waals surface area contributed by atoms with Crippen molar-refractivity contribution in [1.29, 1.82) is 0 Å². The fourth-order valence-corrected chi connectivity index (χ4v) is 2.96. The Kier molecular flexibility index (Phi) is 4.93. The summed E-state index contributed by atoms with van der Waals surface area (Å²) in [5.41, 5.74) is 2.07. The SMILES string of the molecule is COc1ccc(C)cc1CC(=O)N1CCN(c2cnccn2)CC1. The molecule has 126 valence electrons. The lowest BCUT2D eigenvalue weighted by molar-refractivity contribution is -0.130. The van der Waals surface area contributed by atoms with Crippen LogP contribution in [0.15, 0.2) is 36.8 Å². The Morgan fingerprint density at radius 3 is 2.67 bits per heavy atom. The number of anilines is 1. The first-order chi connectivity index (χ1) is 11.7. The minimum atomic E-state index is 0.137. The van der Waals surface area contributed by atoms with E-state index in [0.717, 1.165) is 35.8 Å². The highest BCUT2D eigenvalue weighted by molar-refractivity contribution is 5.80. The second-order valence-corrected chi connectivity index (χ2v) is 5.92. The van der Waals surface area contributed by atoms with Crippen LogP contribution < -0.4 is 9.64 Å². The van der Waals surface area contributed by atoms with Crippen LogP contribution in [0.25, 0.3) is 0 Å². The lowest BCUT2D eigenvalue weighted by Gasteiger charge is -2.35. The number of hydrogen-bond acceptors (Lipinski definition) is 5. The number of carbonyl (C=O) groups is 1. The second-order valence-electron chi connectivity index (χ2n) is 5.92. The minimum Gasteiger partial charge on any atom is -0.496 e. The zero-order valence-corrected chi connectivity index (χ0v) is 14.1. The van der Waals surface area contributed by atoms with Crippen molar-refractivity contribution in [2.75, 3.05) is 38.2 Å². The molecule has 1 amide bonds. The van der Waals surface area contributed by atoms with Crippen molar-refractivity contribution in [2.24, 2.45) is 0 Å². The Hall–Kier alpha value is -2.63. The highest BCUT2D eigenvalue weighted by Gasteiger charge is 2.22. The molecule has 0 radical (unpaired) electrons. The van der Waals surface area contributed by atoms with Crippen molar-refractivity contribution >= 4 is 11.7 Å². The van der Waals surface area contributed by atoms with Crippen LogP contribution in [0.4, 0.5) is 5.82 Å². The fraction of sp³-hybridized carbons (Fsp3) is 0.389. The molecule has 0 unspecified atom stereocenters. The van der Waals surface area contributed by atoms with Gasteiger partial charge in [0, 0.05) is 44.1 Å². The number of amides is 1. The predicted molar refractivity (Wildman–Crippen MR) is 92.3 cm³/mol. The van der Waals surface area contributed by atoms with Crippen molar-refractivity contribution in [3.05, 3.63) is 47.9 Å². The van der Waals surface area contributed by atoms with Crippen LogP contribution in [-0.2, 0) is 11.2 Å². The predicted octanol–water partition coefficient (Wildman–Crippen LogP) is 1.68. The van der Waals surface area contributed by atoms with E-state index < -0.39 is 0 Å². The van der Waals surface area contributed by atoms with E-state index in [9.17, 15) is 4.79 Å². The quantitative estimate of drug-likeness (QED) is 0.856. The Morgan fingerprint density at radius 2 is 2.00 bits per heavy atom. The smallest absolute Gasteiger partial charge is 0.227 e. The summed E-state index contributed by atoms with van der Waals surface area (Å²) >= 11 is 0. The van der Waals surface area contributed by atoms with Crippen LogP contribution in [0.2, 0.25) is 0 Å². The second kappa shape index (κ2) is 7.29. The fourth-order valence-electron chi connectivity index (χ4n) is 2.96. The highest BCUT2D eigenvalue weighted by atomic mass is 16.5. The number of benzene rings is 1. The molecular weight excluding hydrogens is 304 g/mol. The molecule has 1 aromatic heterocycles. The summed E-state index contributed by atoms with van der Waals surface area (Å²) in [5.74, 6) is 1.77. The van der Waals surface area contributed by atoms with E-state index in [4.69, 9.17) is 4.74 Å². The Balaban J connectivity index is 1.61. The van der Waals surface area contributed by atoms with Gasteiger partial charge in [0.2, 0.25) is 5.91 Å². The van der Waals surface area contributed by atoms with Crippen LogP contribution in [0.1, 0.15) is 11.1 Å². The van der Waals surface area contributed by atoms with E-state index >= 15 is 0 Å². The summed E-state index contributed by atoms with van der Waals surface area (Å²) in [5, 5.41) is 0. The molecule has 3 rings (SSSR count). The van der Waals surface area contributed by atoms with Crippen molar-refractivity contribution in [3.8, 4) is 5.75 Å². The van der Waals surface area contributed by atoms with Gasteiger partial charge < -0.3 is 14.5 Å². The lowest BCUT2D eigenvalue weighted by atomic mass is 10.1. The van der Waals surface area contributed by atoms with E-state index in [-0.39, 0.29) is 5.91 Å². The van der Waals surface area contributed by atoms with Gasteiger partial charge in [0.1, 0.15) is 11.6 Å². The standard InChI is InChI=1S/C18H22N4O2/c1-14-3-4-16(24-2)15(11-14)12-18(23)22-9-7-21(8-10-22)17-13-19-5-6-20-17/h3-6,11,13H,7-10,12H2,1-2H3. The average molecular weight is 326 g/mol. The molecule has 1 aliphatic rings. The van der Waals surface area contributed by atoms with E-state index in [2.05, 4.69) is 14.9 Å². The Labute approximate surface area is 142 Å². The number of methoxy groups -OCH3 is 1. The molecule has 24 heavy (non-hydrogen) atoms. The molecule has 2 aromatic rings. The average Bonchev–Trinajstić information content (AvgIpc) is 2.63. The molecule has 0 N–H and O–H groups in total. The molecule has 0 atom stereocenters. The summed E-state index contributed by atoms with van der Waals surface area (Å²) in [6, 6.07) is 5.93. The molecule has 1 saturated heterocycles. The zero-order chi connectivity index (χ0) is 16.9. The van der Waals surface area contributed by atoms with E-state index in [1.54, 1.807) is 25.7 Å². The van der Waals surface area contributed by atoms with Crippen molar-refractivity contribution in [1.82, 2.24) is 14.9 Å². The van der Waals surface area contributed by atoms with Crippen LogP contribution in [-0.4, -0.2) is 54.1 Å². The van der Waals surface area contributed by atoms with Gasteiger partial charge in [-0.1, -0.05) is 17.7 Å². The summed E-state index contributed by atoms with van der Waals surface area (Å²) in [6.45, 7) is 4.96. The van der Waals surface area contributed by atoms with Crippen molar-refractivity contribution < 1.29 is 9.53 Å². The monoisotopic (exact) mass is 326 g/mol. The number of aryl methyl sites for hydroxylation is 1. The van der Waals surface area contributed by atoms with Gasteiger partial charge in [-0.2, -0.15) is 0 Å². The van der Waals surface area contributed by atoms with Gasteiger partial charge in [-0.15, -0.1) is 0 Å². The number of hydrogen-bond donors (Lipinski definition) is 0. The molecule has 1 fully saturated rings. The van der Waals surface area contributed by atoms with Gasteiger partial charge >= 0.3 is 0 Å². The van der Waals surface area contributed by atoms with Gasteiger partial charge in [-0.05, 0) is 13.0 Å². The first kappa shape index (κ1) is 16.2. The molecule has 0 bridgehead atoms. The molecule has 1 aromatic carbocycles. The number of piperazine rings is 1.